The van der Waals surface area contributed by atoms with Crippen molar-refractivity contribution in [2.75, 3.05) is 7.11 Å². The van der Waals surface area contributed by atoms with Crippen LogP contribution in [0.25, 0.3) is 0 Å². The number of hydrogen-bond donors (Lipinski definition) is 2. The Morgan fingerprint density at radius 3 is 2.50 bits per heavy atom. The number of benzene rings is 1. The molecule has 5 nitrogen and oxygen atoms in total. The number of aliphatic carboxylic acids is 1. The number of nitrogens with one attached hydrogen (secondary N) is 1. The Hall–Kier alpha value is -1.46. The number of rotatable bonds is 7. The first-order chi connectivity index (χ1) is 9.35. The molecule has 0 aromatic heterocycles. The average molecular weight is 302 g/mol. The number of ether oxygens (including phenoxy) is 2. The summed E-state index contributed by atoms with van der Waals surface area (Å²) < 4.78 is 10.9. The van der Waals surface area contributed by atoms with Crippen molar-refractivity contribution in [2.24, 2.45) is 0 Å². The molecule has 1 aromatic rings. The van der Waals surface area contributed by atoms with Gasteiger partial charge in [-0.2, -0.15) is 0 Å². The van der Waals surface area contributed by atoms with Gasteiger partial charge < -0.3 is 19.9 Å². The van der Waals surface area contributed by atoms with E-state index >= 15 is 0 Å². The Balaban J connectivity index is 2.90. The number of halogens is 1. The van der Waals surface area contributed by atoms with Crippen LogP contribution < -0.4 is 14.8 Å². The average Bonchev–Trinajstić information content (AvgIpc) is 2.36. The highest BCUT2D eigenvalue weighted by molar-refractivity contribution is 6.31. The predicted octanol–water partition coefficient (Wildman–Crippen LogP) is 2.70. The molecule has 0 heterocycles. The summed E-state index contributed by atoms with van der Waals surface area (Å²) in [4.78, 5) is 10.8. The first-order valence-corrected chi connectivity index (χ1v) is 6.72. The van der Waals surface area contributed by atoms with Gasteiger partial charge in [0.25, 0.3) is 0 Å². The van der Waals surface area contributed by atoms with Crippen molar-refractivity contribution in [3.63, 3.8) is 0 Å². The molecule has 0 fully saturated rings. The van der Waals surface area contributed by atoms with Gasteiger partial charge in [-0.25, -0.2) is 0 Å². The van der Waals surface area contributed by atoms with Gasteiger partial charge in [-0.1, -0.05) is 11.6 Å². The van der Waals surface area contributed by atoms with E-state index in [-0.39, 0.29) is 6.10 Å². The molecule has 2 N–H and O–H groups in total. The minimum atomic E-state index is -0.909. The second kappa shape index (κ2) is 7.36. The van der Waals surface area contributed by atoms with E-state index in [9.17, 15) is 4.79 Å². The van der Waals surface area contributed by atoms with Crippen LogP contribution in [0, 0.1) is 0 Å². The van der Waals surface area contributed by atoms with Crippen LogP contribution in [0.2, 0.25) is 5.02 Å². The van der Waals surface area contributed by atoms with Crippen molar-refractivity contribution in [1.29, 1.82) is 0 Å². The molecule has 6 heteroatoms. The highest BCUT2D eigenvalue weighted by Gasteiger charge is 2.14. The fraction of sp³-hybridized carbons (Fsp3) is 0.500. The molecule has 1 aromatic carbocycles. The zero-order chi connectivity index (χ0) is 15.3. The van der Waals surface area contributed by atoms with E-state index in [1.54, 1.807) is 26.2 Å². The Bertz CT molecular complexity index is 476. The molecule has 1 unspecified atom stereocenters. The zero-order valence-corrected chi connectivity index (χ0v) is 12.8. The van der Waals surface area contributed by atoms with Gasteiger partial charge in [0.2, 0.25) is 0 Å². The van der Waals surface area contributed by atoms with Gasteiger partial charge in [0.05, 0.1) is 13.2 Å². The molecule has 0 aliphatic rings. The van der Waals surface area contributed by atoms with E-state index in [0.29, 0.717) is 23.1 Å². The molecule has 20 heavy (non-hydrogen) atoms. The van der Waals surface area contributed by atoms with Crippen LogP contribution in [0.4, 0.5) is 0 Å². The van der Waals surface area contributed by atoms with E-state index in [4.69, 9.17) is 26.2 Å². The molecule has 1 atom stereocenters. The first kappa shape index (κ1) is 16.6. The van der Waals surface area contributed by atoms with Crippen molar-refractivity contribution in [1.82, 2.24) is 5.32 Å². The van der Waals surface area contributed by atoms with Gasteiger partial charge in [0.1, 0.15) is 6.04 Å². The van der Waals surface area contributed by atoms with E-state index in [2.05, 4.69) is 5.32 Å². The van der Waals surface area contributed by atoms with Crippen LogP contribution >= 0.6 is 11.6 Å². The molecular formula is C14H20ClNO4. The van der Waals surface area contributed by atoms with Crippen molar-refractivity contribution < 1.29 is 19.4 Å². The first-order valence-electron chi connectivity index (χ1n) is 6.34. The van der Waals surface area contributed by atoms with Gasteiger partial charge in [0, 0.05) is 17.6 Å². The number of methoxy groups -OCH3 is 1. The van der Waals surface area contributed by atoms with E-state index < -0.39 is 12.0 Å². The van der Waals surface area contributed by atoms with Gasteiger partial charge in [-0.05, 0) is 32.4 Å². The maximum atomic E-state index is 10.8. The summed E-state index contributed by atoms with van der Waals surface area (Å²) in [5, 5.41) is 12.2. The lowest BCUT2D eigenvalue weighted by molar-refractivity contribution is -0.139. The summed E-state index contributed by atoms with van der Waals surface area (Å²) in [5.41, 5.74) is 0.757. The minimum Gasteiger partial charge on any atom is -0.493 e. The summed E-state index contributed by atoms with van der Waals surface area (Å²) in [6, 6.07) is 2.79. The highest BCUT2D eigenvalue weighted by atomic mass is 35.5. The molecule has 112 valence electrons. The van der Waals surface area contributed by atoms with Crippen LogP contribution in [0.1, 0.15) is 26.3 Å². The smallest absolute Gasteiger partial charge is 0.320 e. The SMILES string of the molecule is COc1cc(CNC(C)C(=O)O)c(Cl)cc1OC(C)C. The van der Waals surface area contributed by atoms with Gasteiger partial charge in [-0.3, -0.25) is 4.79 Å². The van der Waals surface area contributed by atoms with Gasteiger partial charge >= 0.3 is 5.97 Å². The van der Waals surface area contributed by atoms with Crippen LogP contribution in [-0.2, 0) is 11.3 Å². The quantitative estimate of drug-likeness (QED) is 0.810. The number of carboxylic acids is 1. The van der Waals surface area contributed by atoms with Crippen LogP contribution in [0.3, 0.4) is 0 Å². The summed E-state index contributed by atoms with van der Waals surface area (Å²) >= 11 is 6.18. The lowest BCUT2D eigenvalue weighted by Crippen LogP contribution is -2.33. The fourth-order valence-electron chi connectivity index (χ4n) is 1.57. The second-order valence-corrected chi connectivity index (χ2v) is 5.11. The maximum absolute atomic E-state index is 10.8. The fourth-order valence-corrected chi connectivity index (χ4v) is 1.79. The molecule has 0 saturated carbocycles. The monoisotopic (exact) mass is 301 g/mol. The molecule has 0 aliphatic carbocycles. The predicted molar refractivity (Wildman–Crippen MR) is 77.7 cm³/mol. The summed E-state index contributed by atoms with van der Waals surface area (Å²) in [6.45, 7) is 5.74. The minimum absolute atomic E-state index is 0.0102. The molecule has 1 rings (SSSR count). The zero-order valence-electron chi connectivity index (χ0n) is 12.1. The molecule has 0 saturated heterocycles. The molecule has 0 aliphatic heterocycles. The lowest BCUT2D eigenvalue weighted by Gasteiger charge is -2.16. The number of carboxylic acid groups (broad SMARTS) is 1. The van der Waals surface area contributed by atoms with Crippen LogP contribution in [-0.4, -0.2) is 30.3 Å². The Morgan fingerprint density at radius 2 is 2.00 bits per heavy atom. The third-order valence-corrected chi connectivity index (χ3v) is 3.02. The van der Waals surface area contributed by atoms with Crippen molar-refractivity contribution in [3.8, 4) is 11.5 Å². The van der Waals surface area contributed by atoms with E-state index in [0.717, 1.165) is 5.56 Å². The van der Waals surface area contributed by atoms with Gasteiger partial charge in [0.15, 0.2) is 11.5 Å². The Kier molecular flexibility index (Phi) is 6.10. The molecule has 0 amide bonds. The van der Waals surface area contributed by atoms with Crippen molar-refractivity contribution >= 4 is 17.6 Å². The second-order valence-electron chi connectivity index (χ2n) is 4.70. The van der Waals surface area contributed by atoms with Gasteiger partial charge in [-0.15, -0.1) is 0 Å². The number of carbonyl (C=O) groups is 1. The van der Waals surface area contributed by atoms with E-state index in [1.807, 2.05) is 13.8 Å². The third-order valence-electron chi connectivity index (χ3n) is 2.66. The van der Waals surface area contributed by atoms with Crippen molar-refractivity contribution in [3.05, 3.63) is 22.7 Å². The Labute approximate surface area is 123 Å². The third kappa shape index (κ3) is 4.58. The van der Waals surface area contributed by atoms with Crippen LogP contribution in [0.15, 0.2) is 12.1 Å². The standard InChI is InChI=1S/C14H20ClNO4/c1-8(2)20-13-6-11(15)10(5-12(13)19-4)7-16-9(3)14(17)18/h5-6,8-9,16H,7H2,1-4H3,(H,17,18). The molecular weight excluding hydrogens is 282 g/mol. The molecule has 0 radical (unpaired) electrons. The topological polar surface area (TPSA) is 67.8 Å². The lowest BCUT2D eigenvalue weighted by atomic mass is 10.2. The largest absolute Gasteiger partial charge is 0.493 e. The number of hydrogen-bond acceptors (Lipinski definition) is 4. The summed E-state index contributed by atoms with van der Waals surface area (Å²) in [5.74, 6) is 0.234. The highest BCUT2D eigenvalue weighted by Crippen LogP contribution is 2.34. The Morgan fingerprint density at radius 1 is 1.35 bits per heavy atom. The van der Waals surface area contributed by atoms with E-state index in [1.165, 1.54) is 0 Å². The maximum Gasteiger partial charge on any atom is 0.320 e. The molecule has 0 spiro atoms. The summed E-state index contributed by atoms with van der Waals surface area (Å²) in [6.07, 6.45) is 0.0102. The normalized spacial score (nSPS) is 12.3. The summed E-state index contributed by atoms with van der Waals surface area (Å²) in [7, 11) is 1.55. The van der Waals surface area contributed by atoms with Crippen LogP contribution in [0.5, 0.6) is 11.5 Å². The molecule has 0 bridgehead atoms. The van der Waals surface area contributed by atoms with Crippen molar-refractivity contribution in [2.45, 2.75) is 39.5 Å².